The van der Waals surface area contributed by atoms with Crippen molar-refractivity contribution < 1.29 is 4.79 Å². The average Bonchev–Trinajstić information content (AvgIpc) is 3.36. The molecule has 1 fully saturated rings. The molecule has 2 aromatic heterocycles. The van der Waals surface area contributed by atoms with Crippen LogP contribution < -0.4 is 10.9 Å². The minimum atomic E-state index is -0.108. The van der Waals surface area contributed by atoms with Crippen molar-refractivity contribution in [1.29, 1.82) is 0 Å². The van der Waals surface area contributed by atoms with Crippen LogP contribution in [0.1, 0.15) is 44.0 Å². The van der Waals surface area contributed by atoms with E-state index in [1.807, 2.05) is 44.2 Å². The van der Waals surface area contributed by atoms with Gasteiger partial charge in [-0.05, 0) is 58.3 Å². The molecule has 0 radical (unpaired) electrons. The second-order valence-electron chi connectivity index (χ2n) is 8.64. The third-order valence-corrected chi connectivity index (χ3v) is 6.77. The first-order valence-corrected chi connectivity index (χ1v) is 11.6. The van der Waals surface area contributed by atoms with E-state index in [-0.39, 0.29) is 11.5 Å². The first kappa shape index (κ1) is 22.3. The van der Waals surface area contributed by atoms with Gasteiger partial charge < -0.3 is 9.88 Å². The van der Waals surface area contributed by atoms with Gasteiger partial charge in [-0.3, -0.25) is 14.5 Å². The van der Waals surface area contributed by atoms with Crippen LogP contribution in [0.4, 0.5) is 0 Å². The van der Waals surface area contributed by atoms with Gasteiger partial charge in [-0.2, -0.15) is 9.78 Å². The highest BCUT2D eigenvalue weighted by Crippen LogP contribution is 2.23. The summed E-state index contributed by atoms with van der Waals surface area (Å²) < 4.78 is 3.60. The molecule has 0 bridgehead atoms. The Labute approximate surface area is 189 Å². The van der Waals surface area contributed by atoms with Crippen molar-refractivity contribution in [1.82, 2.24) is 24.6 Å². The maximum Gasteiger partial charge on any atom is 0.281 e. The van der Waals surface area contributed by atoms with Crippen LogP contribution >= 0.6 is 0 Å². The van der Waals surface area contributed by atoms with E-state index < -0.39 is 0 Å². The number of nitrogens with one attached hydrogen (secondary N) is 1. The van der Waals surface area contributed by atoms with Crippen LogP contribution in [0.15, 0.2) is 41.3 Å². The summed E-state index contributed by atoms with van der Waals surface area (Å²) in [5, 5.41) is 9.09. The maximum atomic E-state index is 13.2. The van der Waals surface area contributed by atoms with Gasteiger partial charge >= 0.3 is 0 Å². The Morgan fingerprint density at radius 3 is 2.72 bits per heavy atom. The number of hydrogen-bond donors (Lipinski definition) is 1. The molecule has 1 aliphatic rings. The van der Waals surface area contributed by atoms with Crippen LogP contribution in [0.25, 0.3) is 16.5 Å². The number of likely N-dealkylation sites (N-methyl/N-ethyl adjacent to an activating group) is 1. The Kier molecular flexibility index (Phi) is 6.74. The molecule has 1 aromatic carbocycles. The molecule has 7 heteroatoms. The van der Waals surface area contributed by atoms with Gasteiger partial charge in [0, 0.05) is 42.3 Å². The number of likely N-dealkylation sites (tertiary alicyclic amines) is 1. The number of rotatable bonds is 8. The first-order valence-electron chi connectivity index (χ1n) is 11.6. The molecule has 0 aliphatic carbocycles. The van der Waals surface area contributed by atoms with Crippen LogP contribution in [0.3, 0.4) is 0 Å². The van der Waals surface area contributed by atoms with Gasteiger partial charge in [0.2, 0.25) is 5.91 Å². The van der Waals surface area contributed by atoms with Gasteiger partial charge in [-0.15, -0.1) is 0 Å². The van der Waals surface area contributed by atoms with E-state index in [1.165, 1.54) is 11.1 Å². The molecule has 0 saturated carbocycles. The summed E-state index contributed by atoms with van der Waals surface area (Å²) in [7, 11) is 0. The van der Waals surface area contributed by atoms with Gasteiger partial charge in [-0.1, -0.05) is 25.1 Å². The summed E-state index contributed by atoms with van der Waals surface area (Å²) in [6, 6.07) is 9.95. The van der Waals surface area contributed by atoms with Crippen molar-refractivity contribution in [3.8, 4) is 5.69 Å². The predicted molar refractivity (Wildman–Crippen MR) is 127 cm³/mol. The Morgan fingerprint density at radius 2 is 1.97 bits per heavy atom. The topological polar surface area (TPSA) is 72.2 Å². The summed E-state index contributed by atoms with van der Waals surface area (Å²) in [5.74, 6) is 0.105. The van der Waals surface area contributed by atoms with Crippen LogP contribution in [0.5, 0.6) is 0 Å². The van der Waals surface area contributed by atoms with Crippen molar-refractivity contribution in [3.05, 3.63) is 58.3 Å². The highest BCUT2D eigenvalue weighted by atomic mass is 16.1. The van der Waals surface area contributed by atoms with E-state index in [4.69, 9.17) is 0 Å². The second-order valence-corrected chi connectivity index (χ2v) is 8.64. The number of amides is 1. The minimum absolute atomic E-state index is 0.105. The lowest BCUT2D eigenvalue weighted by Gasteiger charge is -2.22. The number of nitrogens with zero attached hydrogens (tertiary/aromatic N) is 4. The summed E-state index contributed by atoms with van der Waals surface area (Å²) in [6.45, 7) is 9.79. The van der Waals surface area contributed by atoms with Crippen molar-refractivity contribution in [2.75, 3.05) is 19.6 Å². The number of aromatic nitrogens is 3. The second kappa shape index (κ2) is 9.69. The highest BCUT2D eigenvalue weighted by Gasteiger charge is 2.23. The van der Waals surface area contributed by atoms with Gasteiger partial charge in [0.15, 0.2) is 0 Å². The van der Waals surface area contributed by atoms with E-state index in [0.717, 1.165) is 54.9 Å². The zero-order valence-electron chi connectivity index (χ0n) is 19.3. The molecule has 1 atom stereocenters. The Hall–Kier alpha value is -2.93. The highest BCUT2D eigenvalue weighted by molar-refractivity contribution is 5.87. The van der Waals surface area contributed by atoms with Crippen molar-refractivity contribution in [2.45, 2.75) is 59.0 Å². The largest absolute Gasteiger partial charge is 0.355 e. The van der Waals surface area contributed by atoms with E-state index >= 15 is 0 Å². The van der Waals surface area contributed by atoms with Crippen LogP contribution in [0.2, 0.25) is 0 Å². The van der Waals surface area contributed by atoms with E-state index in [0.29, 0.717) is 24.4 Å². The molecule has 0 spiro atoms. The summed E-state index contributed by atoms with van der Waals surface area (Å²) in [5.41, 5.74) is 2.60. The lowest BCUT2D eigenvalue weighted by molar-refractivity contribution is -0.121. The number of hydrogen-bond acceptors (Lipinski definition) is 4. The fraction of sp³-hybridized carbons (Fsp3) is 0.480. The average molecular weight is 436 g/mol. The monoisotopic (exact) mass is 435 g/mol. The smallest absolute Gasteiger partial charge is 0.281 e. The van der Waals surface area contributed by atoms with Gasteiger partial charge in [0.05, 0.1) is 17.3 Å². The molecule has 3 heterocycles. The van der Waals surface area contributed by atoms with E-state index in [2.05, 4.69) is 26.8 Å². The number of aryl methyl sites for hydroxylation is 2. The molecule has 170 valence electrons. The molecular weight excluding hydrogens is 402 g/mol. The lowest BCUT2D eigenvalue weighted by Crippen LogP contribution is -2.40. The van der Waals surface area contributed by atoms with Crippen LogP contribution in [-0.2, 0) is 11.3 Å². The molecule has 1 unspecified atom stereocenters. The standard InChI is InChI=1S/C25H33N5O2/c1-4-28-14-8-12-21(28)16-26-23(31)13-9-15-29-18(2)22-17-27-30(20-10-6-5-7-11-20)25(32)24(22)19(29)3/h5-7,10-11,17,21H,4,8-9,12-16H2,1-3H3,(H,26,31). The summed E-state index contributed by atoms with van der Waals surface area (Å²) in [4.78, 5) is 28.0. The Morgan fingerprint density at radius 1 is 1.19 bits per heavy atom. The number of carbonyl (C=O) groups is 1. The first-order chi connectivity index (χ1) is 15.5. The summed E-state index contributed by atoms with van der Waals surface area (Å²) >= 11 is 0. The Bertz CT molecular complexity index is 1150. The van der Waals surface area contributed by atoms with Crippen LogP contribution in [0, 0.1) is 13.8 Å². The molecule has 1 N–H and O–H groups in total. The van der Waals surface area contributed by atoms with E-state index in [9.17, 15) is 9.59 Å². The molecule has 4 rings (SSSR count). The SMILES string of the molecule is CCN1CCCC1CNC(=O)CCCn1c(C)c2cnn(-c3ccccc3)c(=O)c2c1C. The zero-order valence-corrected chi connectivity index (χ0v) is 19.3. The lowest BCUT2D eigenvalue weighted by atomic mass is 10.2. The summed E-state index contributed by atoms with van der Waals surface area (Å²) in [6.07, 6.45) is 5.37. The number of para-hydroxylation sites is 1. The number of benzene rings is 1. The zero-order chi connectivity index (χ0) is 22.7. The molecule has 32 heavy (non-hydrogen) atoms. The number of carbonyl (C=O) groups excluding carboxylic acids is 1. The molecule has 1 amide bonds. The molecule has 1 saturated heterocycles. The molecule has 7 nitrogen and oxygen atoms in total. The third kappa shape index (κ3) is 4.35. The normalized spacial score (nSPS) is 16.7. The van der Waals surface area contributed by atoms with Gasteiger partial charge in [0.1, 0.15) is 0 Å². The fourth-order valence-electron chi connectivity index (χ4n) is 4.96. The van der Waals surface area contributed by atoms with Crippen molar-refractivity contribution >= 4 is 16.7 Å². The quantitative estimate of drug-likeness (QED) is 0.590. The number of fused-ring (bicyclic) bond motifs is 1. The molecule has 1 aliphatic heterocycles. The third-order valence-electron chi connectivity index (χ3n) is 6.77. The van der Waals surface area contributed by atoms with Gasteiger partial charge in [-0.25, -0.2) is 0 Å². The molecule has 3 aromatic rings. The molecular formula is C25H33N5O2. The fourth-order valence-corrected chi connectivity index (χ4v) is 4.96. The predicted octanol–water partition coefficient (Wildman–Crippen LogP) is 3.18. The maximum absolute atomic E-state index is 13.2. The van der Waals surface area contributed by atoms with E-state index in [1.54, 1.807) is 6.20 Å². The van der Waals surface area contributed by atoms with Crippen LogP contribution in [-0.4, -0.2) is 50.8 Å². The van der Waals surface area contributed by atoms with Crippen molar-refractivity contribution in [2.24, 2.45) is 0 Å². The minimum Gasteiger partial charge on any atom is -0.355 e. The van der Waals surface area contributed by atoms with Gasteiger partial charge in [0.25, 0.3) is 5.56 Å². The van der Waals surface area contributed by atoms with Crippen molar-refractivity contribution in [3.63, 3.8) is 0 Å². The Balaban J connectivity index is 1.43.